The van der Waals surface area contributed by atoms with E-state index in [-0.39, 0.29) is 5.91 Å². The average Bonchev–Trinajstić information content (AvgIpc) is 2.64. The van der Waals surface area contributed by atoms with Crippen LogP contribution in [0.15, 0.2) is 84.9 Å². The molecule has 0 spiro atoms. The first-order valence-electron chi connectivity index (χ1n) is 7.31. The molecule has 0 heterocycles. The van der Waals surface area contributed by atoms with Crippen molar-refractivity contribution < 1.29 is 4.79 Å². The van der Waals surface area contributed by atoms with Gasteiger partial charge in [0.05, 0.1) is 0 Å². The van der Waals surface area contributed by atoms with Gasteiger partial charge in [-0.05, 0) is 36.0 Å². The van der Waals surface area contributed by atoms with Crippen LogP contribution in [0.4, 0.5) is 0 Å². The molecule has 114 valence electrons. The predicted octanol–water partition coefficient (Wildman–Crippen LogP) is 2.05. The molecule has 0 bridgehead atoms. The molecule has 3 N–H and O–H groups in total. The summed E-state index contributed by atoms with van der Waals surface area (Å²) in [6, 6.07) is 28.6. The Morgan fingerprint density at radius 2 is 1.13 bits per heavy atom. The lowest BCUT2D eigenvalue weighted by atomic mass is 10.2. The van der Waals surface area contributed by atoms with Crippen LogP contribution in [0.1, 0.15) is 10.4 Å². The van der Waals surface area contributed by atoms with Crippen molar-refractivity contribution in [3.05, 3.63) is 90.5 Å². The van der Waals surface area contributed by atoms with Crippen LogP contribution in [0.5, 0.6) is 0 Å². The molecule has 23 heavy (non-hydrogen) atoms. The van der Waals surface area contributed by atoms with E-state index in [0.29, 0.717) is 5.56 Å². The standard InChI is InChI=1S/C19H17N2OP/c20-21-19(22)15-11-13-18(14-12-15)23(16-7-3-1-4-8-16)17-9-5-2-6-10-17/h1-14H,20H2,(H,21,22). The number of nitrogens with one attached hydrogen (secondary N) is 1. The summed E-state index contributed by atoms with van der Waals surface area (Å²) in [4.78, 5) is 11.6. The molecule has 1 amide bonds. The second-order valence-electron chi connectivity index (χ2n) is 5.03. The predicted molar refractivity (Wildman–Crippen MR) is 96.8 cm³/mol. The Bertz CT molecular complexity index is 734. The maximum Gasteiger partial charge on any atom is 0.265 e. The Kier molecular flexibility index (Phi) is 4.82. The maximum absolute atomic E-state index is 11.6. The summed E-state index contributed by atoms with van der Waals surface area (Å²) >= 11 is 0. The van der Waals surface area contributed by atoms with Crippen molar-refractivity contribution in [2.45, 2.75) is 0 Å². The SMILES string of the molecule is NNC(=O)c1ccc(P(c2ccccc2)c2ccccc2)cc1. The Morgan fingerprint density at radius 3 is 1.57 bits per heavy atom. The van der Waals surface area contributed by atoms with Crippen LogP contribution in [-0.4, -0.2) is 5.91 Å². The number of hydrogen-bond donors (Lipinski definition) is 2. The summed E-state index contributed by atoms with van der Waals surface area (Å²) in [6.45, 7) is 0. The number of hydrazine groups is 1. The minimum absolute atomic E-state index is 0.277. The second kappa shape index (κ2) is 7.19. The second-order valence-corrected chi connectivity index (χ2v) is 7.25. The van der Waals surface area contributed by atoms with Crippen molar-refractivity contribution >= 4 is 29.7 Å². The van der Waals surface area contributed by atoms with Gasteiger partial charge in [-0.2, -0.15) is 0 Å². The van der Waals surface area contributed by atoms with Gasteiger partial charge in [0.25, 0.3) is 5.91 Å². The third kappa shape index (κ3) is 3.48. The first-order valence-corrected chi connectivity index (χ1v) is 8.65. The van der Waals surface area contributed by atoms with Crippen LogP contribution in [0.2, 0.25) is 0 Å². The minimum atomic E-state index is -0.645. The number of carbonyl (C=O) groups excluding carboxylic acids is 1. The van der Waals surface area contributed by atoms with Crippen molar-refractivity contribution in [3.63, 3.8) is 0 Å². The highest BCUT2D eigenvalue weighted by atomic mass is 31.1. The molecule has 4 heteroatoms. The summed E-state index contributed by atoms with van der Waals surface area (Å²) in [5.74, 6) is 4.91. The molecule has 0 aliphatic rings. The normalized spacial score (nSPS) is 10.5. The third-order valence-electron chi connectivity index (χ3n) is 3.55. The van der Waals surface area contributed by atoms with Crippen LogP contribution >= 0.6 is 7.92 Å². The van der Waals surface area contributed by atoms with Crippen LogP contribution in [0.25, 0.3) is 0 Å². The highest BCUT2D eigenvalue weighted by Crippen LogP contribution is 2.32. The number of carbonyl (C=O) groups is 1. The summed E-state index contributed by atoms with van der Waals surface area (Å²) < 4.78 is 0. The fraction of sp³-hybridized carbons (Fsp3) is 0. The first kappa shape index (κ1) is 15.4. The molecule has 0 unspecified atom stereocenters. The summed E-state index contributed by atoms with van der Waals surface area (Å²) in [7, 11) is -0.645. The van der Waals surface area contributed by atoms with Gasteiger partial charge >= 0.3 is 0 Å². The number of nitrogens with two attached hydrogens (primary N) is 1. The molecule has 0 saturated heterocycles. The molecule has 0 aliphatic heterocycles. The van der Waals surface area contributed by atoms with E-state index in [1.165, 1.54) is 15.9 Å². The molecule has 0 saturated carbocycles. The topological polar surface area (TPSA) is 55.1 Å². The summed E-state index contributed by atoms with van der Waals surface area (Å²) in [5, 5.41) is 3.76. The third-order valence-corrected chi connectivity index (χ3v) is 5.99. The van der Waals surface area contributed by atoms with Crippen molar-refractivity contribution in [2.75, 3.05) is 0 Å². The quantitative estimate of drug-likeness (QED) is 0.335. The van der Waals surface area contributed by atoms with Gasteiger partial charge in [0, 0.05) is 5.56 Å². The smallest absolute Gasteiger partial charge is 0.265 e. The van der Waals surface area contributed by atoms with Crippen molar-refractivity contribution in [2.24, 2.45) is 5.84 Å². The van der Waals surface area contributed by atoms with Gasteiger partial charge in [0.1, 0.15) is 0 Å². The average molecular weight is 320 g/mol. The molecule has 0 radical (unpaired) electrons. The number of amides is 1. The number of rotatable bonds is 4. The Balaban J connectivity index is 2.04. The lowest BCUT2D eigenvalue weighted by Gasteiger charge is -2.19. The van der Waals surface area contributed by atoms with Gasteiger partial charge in [-0.1, -0.05) is 72.8 Å². The Hall–Kier alpha value is -2.48. The lowest BCUT2D eigenvalue weighted by Crippen LogP contribution is -2.30. The summed E-state index contributed by atoms with van der Waals surface area (Å²) in [5.41, 5.74) is 2.72. The first-order chi connectivity index (χ1) is 11.3. The molecule has 0 aliphatic carbocycles. The van der Waals surface area contributed by atoms with E-state index in [0.717, 1.165) is 0 Å². The monoisotopic (exact) mass is 320 g/mol. The van der Waals surface area contributed by atoms with E-state index in [9.17, 15) is 4.79 Å². The zero-order chi connectivity index (χ0) is 16.1. The van der Waals surface area contributed by atoms with Gasteiger partial charge in [-0.3, -0.25) is 10.2 Å². The lowest BCUT2D eigenvalue weighted by molar-refractivity contribution is 0.0953. The fourth-order valence-electron chi connectivity index (χ4n) is 2.45. The Morgan fingerprint density at radius 1 is 0.696 bits per heavy atom. The zero-order valence-corrected chi connectivity index (χ0v) is 13.4. The van der Waals surface area contributed by atoms with Crippen molar-refractivity contribution in [3.8, 4) is 0 Å². The van der Waals surface area contributed by atoms with Crippen LogP contribution < -0.4 is 27.2 Å². The molecule has 3 aromatic rings. The van der Waals surface area contributed by atoms with Crippen LogP contribution in [0.3, 0.4) is 0 Å². The molecule has 0 aromatic heterocycles. The van der Waals surface area contributed by atoms with E-state index in [4.69, 9.17) is 5.84 Å². The van der Waals surface area contributed by atoms with Gasteiger partial charge in [-0.25, -0.2) is 5.84 Å². The fourth-order valence-corrected chi connectivity index (χ4v) is 4.73. The van der Waals surface area contributed by atoms with E-state index in [2.05, 4.69) is 54.0 Å². The molecule has 0 fully saturated rings. The van der Waals surface area contributed by atoms with Gasteiger partial charge in [-0.15, -0.1) is 0 Å². The van der Waals surface area contributed by atoms with E-state index in [1.807, 2.05) is 36.4 Å². The van der Waals surface area contributed by atoms with Crippen molar-refractivity contribution in [1.82, 2.24) is 5.43 Å². The molecular formula is C19H17N2OP. The summed E-state index contributed by atoms with van der Waals surface area (Å²) in [6.07, 6.45) is 0. The highest BCUT2D eigenvalue weighted by molar-refractivity contribution is 7.79. The molecule has 3 aromatic carbocycles. The van der Waals surface area contributed by atoms with Gasteiger partial charge in [0.15, 0.2) is 0 Å². The number of benzene rings is 3. The largest absolute Gasteiger partial charge is 0.290 e. The molecule has 3 nitrogen and oxygen atoms in total. The minimum Gasteiger partial charge on any atom is -0.290 e. The highest BCUT2D eigenvalue weighted by Gasteiger charge is 2.16. The van der Waals surface area contributed by atoms with Crippen molar-refractivity contribution in [1.29, 1.82) is 0 Å². The van der Waals surface area contributed by atoms with E-state index in [1.54, 1.807) is 0 Å². The van der Waals surface area contributed by atoms with Gasteiger partial charge in [0.2, 0.25) is 0 Å². The molecule has 3 rings (SSSR count). The van der Waals surface area contributed by atoms with Gasteiger partial charge < -0.3 is 0 Å². The van der Waals surface area contributed by atoms with Crippen LogP contribution in [0, 0.1) is 0 Å². The zero-order valence-electron chi connectivity index (χ0n) is 12.5. The molecule has 0 atom stereocenters. The number of nitrogen functional groups attached to an aromatic ring is 1. The maximum atomic E-state index is 11.6. The van der Waals surface area contributed by atoms with E-state index >= 15 is 0 Å². The van der Waals surface area contributed by atoms with Crippen LogP contribution in [-0.2, 0) is 0 Å². The number of hydrogen-bond acceptors (Lipinski definition) is 2. The molecular weight excluding hydrogens is 303 g/mol. The van der Waals surface area contributed by atoms with E-state index < -0.39 is 7.92 Å². The Labute approximate surface area is 136 Å².